The first-order chi connectivity index (χ1) is 9.13. The molecule has 0 fully saturated rings. The van der Waals surface area contributed by atoms with E-state index in [-0.39, 0.29) is 23.1 Å². The van der Waals surface area contributed by atoms with Crippen LogP contribution in [0.1, 0.15) is 17.5 Å². The maximum Gasteiger partial charge on any atom is 0.377 e. The second kappa shape index (κ2) is 5.57. The van der Waals surface area contributed by atoms with Gasteiger partial charge in [0.25, 0.3) is 11.8 Å². The number of hydrogen-bond acceptors (Lipinski definition) is 8. The van der Waals surface area contributed by atoms with Crippen molar-refractivity contribution in [2.75, 3.05) is 13.7 Å². The predicted molar refractivity (Wildman–Crippen MR) is 62.3 cm³/mol. The zero-order chi connectivity index (χ0) is 13.8. The van der Waals surface area contributed by atoms with Crippen LogP contribution in [0.25, 0.3) is 5.95 Å². The van der Waals surface area contributed by atoms with Crippen molar-refractivity contribution >= 4 is 17.6 Å². The number of hydrogen-bond donors (Lipinski definition) is 0. The predicted octanol–water partition coefficient (Wildman–Crippen LogP) is 0.291. The third-order valence-electron chi connectivity index (χ3n) is 1.91. The number of rotatable bonds is 4. The van der Waals surface area contributed by atoms with E-state index in [4.69, 9.17) is 16.3 Å². The Kier molecular flexibility index (Phi) is 3.85. The van der Waals surface area contributed by atoms with E-state index in [2.05, 4.69) is 29.8 Å². The number of methoxy groups -OCH3 is 1. The Morgan fingerprint density at radius 3 is 2.89 bits per heavy atom. The summed E-state index contributed by atoms with van der Waals surface area (Å²) in [6, 6.07) is 0.0626. The van der Waals surface area contributed by atoms with Crippen LogP contribution in [-0.2, 0) is 4.74 Å². The van der Waals surface area contributed by atoms with Crippen LogP contribution in [0.4, 0.5) is 0 Å². The van der Waals surface area contributed by atoms with Gasteiger partial charge in [-0.3, -0.25) is 0 Å². The van der Waals surface area contributed by atoms with Crippen molar-refractivity contribution in [3.05, 3.63) is 17.4 Å². The summed E-state index contributed by atoms with van der Waals surface area (Å²) in [4.78, 5) is 26.6. The number of carbonyl (C=O) groups is 1. The van der Waals surface area contributed by atoms with E-state index in [9.17, 15) is 4.79 Å². The molecule has 0 radical (unpaired) electrons. The Bertz CT molecular complexity index is 601. The van der Waals surface area contributed by atoms with Gasteiger partial charge in [0.15, 0.2) is 0 Å². The van der Waals surface area contributed by atoms with Gasteiger partial charge in [0.05, 0.1) is 13.7 Å². The van der Waals surface area contributed by atoms with E-state index >= 15 is 0 Å². The Morgan fingerprint density at radius 1 is 1.42 bits per heavy atom. The zero-order valence-electron chi connectivity index (χ0n) is 10.1. The minimum absolute atomic E-state index is 0.0523. The largest absolute Gasteiger partial charge is 0.464 e. The maximum absolute atomic E-state index is 11.2. The Hall–Kier alpha value is -2.29. The smallest absolute Gasteiger partial charge is 0.377 e. The highest BCUT2D eigenvalue weighted by Crippen LogP contribution is 2.10. The molecule has 0 aliphatic rings. The minimum Gasteiger partial charge on any atom is -0.464 e. The lowest BCUT2D eigenvalue weighted by molar-refractivity contribution is 0.0587. The average molecular weight is 285 g/mol. The van der Waals surface area contributed by atoms with Gasteiger partial charge in [0.1, 0.15) is 6.33 Å². The summed E-state index contributed by atoms with van der Waals surface area (Å²) >= 11 is 5.74. The highest BCUT2D eigenvalue weighted by molar-refractivity contribution is 6.28. The van der Waals surface area contributed by atoms with Crippen molar-refractivity contribution in [2.45, 2.75) is 6.92 Å². The van der Waals surface area contributed by atoms with Crippen LogP contribution in [0, 0.1) is 0 Å². The van der Waals surface area contributed by atoms with Gasteiger partial charge in [0.2, 0.25) is 5.28 Å². The van der Waals surface area contributed by atoms with Crippen LogP contribution in [0.3, 0.4) is 0 Å². The van der Waals surface area contributed by atoms with Gasteiger partial charge in [-0.05, 0) is 18.5 Å². The third kappa shape index (κ3) is 2.94. The monoisotopic (exact) mass is 284 g/mol. The summed E-state index contributed by atoms with van der Waals surface area (Å²) in [5.74, 6) is -0.688. The molecule has 0 unspecified atom stereocenters. The lowest BCUT2D eigenvalue weighted by Gasteiger charge is -2.03. The van der Waals surface area contributed by atoms with Crippen LogP contribution in [0.15, 0.2) is 6.33 Å². The molecule has 0 aromatic carbocycles. The molecule has 0 spiro atoms. The van der Waals surface area contributed by atoms with E-state index in [0.29, 0.717) is 6.61 Å². The van der Waals surface area contributed by atoms with Crippen LogP contribution in [-0.4, -0.2) is 49.4 Å². The topological polar surface area (TPSA) is 105 Å². The van der Waals surface area contributed by atoms with Crippen molar-refractivity contribution in [1.29, 1.82) is 0 Å². The molecule has 100 valence electrons. The van der Waals surface area contributed by atoms with Crippen molar-refractivity contribution < 1.29 is 14.3 Å². The van der Waals surface area contributed by atoms with Crippen molar-refractivity contribution in [3.8, 4) is 12.0 Å². The third-order valence-corrected chi connectivity index (χ3v) is 2.08. The van der Waals surface area contributed by atoms with Gasteiger partial charge in [-0.1, -0.05) is 0 Å². The Morgan fingerprint density at radius 2 is 2.21 bits per heavy atom. The fourth-order valence-electron chi connectivity index (χ4n) is 1.16. The molecular formula is C9H9ClN6O3. The van der Waals surface area contributed by atoms with Gasteiger partial charge in [-0.2, -0.15) is 19.6 Å². The lowest BCUT2D eigenvalue weighted by atomic mass is 10.6. The summed E-state index contributed by atoms with van der Waals surface area (Å²) in [5.41, 5.74) is 0. The van der Waals surface area contributed by atoms with Crippen molar-refractivity contribution in [2.24, 2.45) is 0 Å². The van der Waals surface area contributed by atoms with E-state index in [1.54, 1.807) is 6.92 Å². The van der Waals surface area contributed by atoms with E-state index in [0.717, 1.165) is 0 Å². The van der Waals surface area contributed by atoms with E-state index in [1.165, 1.54) is 18.1 Å². The minimum atomic E-state index is -0.663. The SMILES string of the molecule is CCOc1nc(Cl)nc(-n2cnc(C(=O)OC)n2)n1. The molecule has 2 rings (SSSR count). The first kappa shape index (κ1) is 13.1. The van der Waals surface area contributed by atoms with Gasteiger partial charge in [-0.15, -0.1) is 5.10 Å². The molecule has 0 saturated carbocycles. The highest BCUT2D eigenvalue weighted by atomic mass is 35.5. The molecule has 0 bridgehead atoms. The highest BCUT2D eigenvalue weighted by Gasteiger charge is 2.14. The molecule has 0 N–H and O–H groups in total. The summed E-state index contributed by atoms with van der Waals surface area (Å²) in [6.45, 7) is 2.16. The number of aromatic nitrogens is 6. The quantitative estimate of drug-likeness (QED) is 0.738. The molecule has 2 aromatic heterocycles. The molecule has 9 nitrogen and oxygen atoms in total. The molecule has 0 amide bonds. The fourth-order valence-corrected chi connectivity index (χ4v) is 1.31. The van der Waals surface area contributed by atoms with Gasteiger partial charge < -0.3 is 9.47 Å². The second-order valence-electron chi connectivity index (χ2n) is 3.12. The molecular weight excluding hydrogens is 276 g/mol. The zero-order valence-corrected chi connectivity index (χ0v) is 10.8. The number of carbonyl (C=O) groups excluding carboxylic acids is 1. The maximum atomic E-state index is 11.2. The standard InChI is InChI=1S/C9H9ClN6O3/c1-3-19-9-13-7(10)12-8(14-9)16-4-11-5(15-16)6(17)18-2/h4H,3H2,1-2H3. The van der Waals surface area contributed by atoms with Gasteiger partial charge >= 0.3 is 12.0 Å². The first-order valence-corrected chi connectivity index (χ1v) is 5.56. The van der Waals surface area contributed by atoms with E-state index in [1.807, 2.05) is 0 Å². The van der Waals surface area contributed by atoms with Crippen molar-refractivity contribution in [1.82, 2.24) is 29.7 Å². The number of halogens is 1. The lowest BCUT2D eigenvalue weighted by Crippen LogP contribution is -2.09. The van der Waals surface area contributed by atoms with Crippen molar-refractivity contribution in [3.63, 3.8) is 0 Å². The Labute approximate surface area is 112 Å². The molecule has 2 heterocycles. The van der Waals surface area contributed by atoms with Gasteiger partial charge in [0, 0.05) is 0 Å². The summed E-state index contributed by atoms with van der Waals surface area (Å²) < 4.78 is 10.8. The molecule has 0 aliphatic heterocycles. The van der Waals surface area contributed by atoms with Crippen LogP contribution < -0.4 is 4.74 Å². The fraction of sp³-hybridized carbons (Fsp3) is 0.333. The average Bonchev–Trinajstić information content (AvgIpc) is 2.87. The molecule has 2 aromatic rings. The molecule has 0 saturated heterocycles. The molecule has 0 aliphatic carbocycles. The molecule has 19 heavy (non-hydrogen) atoms. The number of ether oxygens (including phenoxy) is 2. The van der Waals surface area contributed by atoms with E-state index < -0.39 is 5.97 Å². The van der Waals surface area contributed by atoms with Crippen LogP contribution in [0.2, 0.25) is 5.28 Å². The number of nitrogens with zero attached hydrogens (tertiary/aromatic N) is 6. The van der Waals surface area contributed by atoms with Crippen LogP contribution in [0.5, 0.6) is 6.01 Å². The number of esters is 1. The summed E-state index contributed by atoms with van der Waals surface area (Å²) in [7, 11) is 1.23. The molecule has 0 atom stereocenters. The van der Waals surface area contributed by atoms with Crippen LogP contribution >= 0.6 is 11.6 Å². The summed E-state index contributed by atoms with van der Waals surface area (Å²) in [6.07, 6.45) is 1.26. The normalized spacial score (nSPS) is 10.3. The second-order valence-corrected chi connectivity index (χ2v) is 3.46. The first-order valence-electron chi connectivity index (χ1n) is 5.18. The molecule has 10 heteroatoms. The summed E-state index contributed by atoms with van der Waals surface area (Å²) in [5, 5.41) is 3.81. The van der Waals surface area contributed by atoms with Gasteiger partial charge in [-0.25, -0.2) is 9.78 Å². The Balaban J connectivity index is 2.35.